The summed E-state index contributed by atoms with van der Waals surface area (Å²) in [6.45, 7) is 6.08. The number of hydrogen-bond acceptors (Lipinski definition) is 3. The Balaban J connectivity index is 0.00000289. The van der Waals surface area contributed by atoms with E-state index in [0.29, 0.717) is 0 Å². The summed E-state index contributed by atoms with van der Waals surface area (Å²) in [5.74, 6) is 0.891. The van der Waals surface area contributed by atoms with E-state index in [-0.39, 0.29) is 24.0 Å². The quantitative estimate of drug-likeness (QED) is 0.344. The van der Waals surface area contributed by atoms with Crippen LogP contribution in [-0.4, -0.2) is 31.1 Å². The molecule has 0 saturated carbocycles. The standard InChI is InChI=1S/C12H22N4S.HI/c1-4-7-14-12(13-3)15-8-5-6-11-16-10(2)9-17-11;/h9H,4-8H2,1-3H3,(H2,13,14,15);1H. The Hall–Kier alpha value is -0.370. The SMILES string of the molecule is CCCNC(=NC)NCCCc1nc(C)cs1.I. The van der Waals surface area contributed by atoms with Crippen molar-refractivity contribution in [1.82, 2.24) is 15.6 Å². The van der Waals surface area contributed by atoms with Crippen LogP contribution >= 0.6 is 35.3 Å². The van der Waals surface area contributed by atoms with Gasteiger partial charge in [-0.1, -0.05) is 6.92 Å². The summed E-state index contributed by atoms with van der Waals surface area (Å²) >= 11 is 1.74. The second kappa shape index (κ2) is 10.5. The molecule has 1 rings (SSSR count). The fourth-order valence-electron chi connectivity index (χ4n) is 1.43. The Morgan fingerprint density at radius 1 is 1.39 bits per heavy atom. The van der Waals surface area contributed by atoms with Gasteiger partial charge in [-0.25, -0.2) is 4.98 Å². The minimum atomic E-state index is 0. The highest BCUT2D eigenvalue weighted by molar-refractivity contribution is 14.0. The summed E-state index contributed by atoms with van der Waals surface area (Å²) in [6, 6.07) is 0. The van der Waals surface area contributed by atoms with Crippen LogP contribution in [0.5, 0.6) is 0 Å². The molecular weight excluding hydrogens is 359 g/mol. The second-order valence-electron chi connectivity index (χ2n) is 3.91. The molecule has 104 valence electrons. The molecule has 0 aliphatic heterocycles. The fraction of sp³-hybridized carbons (Fsp3) is 0.667. The zero-order valence-electron chi connectivity index (χ0n) is 11.3. The summed E-state index contributed by atoms with van der Waals surface area (Å²) in [5, 5.41) is 9.87. The summed E-state index contributed by atoms with van der Waals surface area (Å²) in [6.07, 6.45) is 3.23. The van der Waals surface area contributed by atoms with Crippen molar-refractivity contribution in [2.45, 2.75) is 33.1 Å². The third-order valence-electron chi connectivity index (χ3n) is 2.29. The third kappa shape index (κ3) is 7.15. The topological polar surface area (TPSA) is 49.3 Å². The predicted molar refractivity (Wildman–Crippen MR) is 90.2 cm³/mol. The normalized spacial score (nSPS) is 10.9. The molecule has 0 spiro atoms. The second-order valence-corrected chi connectivity index (χ2v) is 4.85. The molecule has 0 unspecified atom stereocenters. The van der Waals surface area contributed by atoms with Crippen molar-refractivity contribution >= 4 is 41.3 Å². The molecule has 0 saturated heterocycles. The number of aromatic nitrogens is 1. The Bertz CT molecular complexity index is 352. The van der Waals surface area contributed by atoms with Gasteiger partial charge in [-0.15, -0.1) is 35.3 Å². The molecule has 0 atom stereocenters. The Labute approximate surface area is 131 Å². The molecule has 0 radical (unpaired) electrons. The first-order chi connectivity index (χ1) is 8.26. The fourth-order valence-corrected chi connectivity index (χ4v) is 2.25. The third-order valence-corrected chi connectivity index (χ3v) is 3.32. The molecule has 0 fully saturated rings. The molecule has 1 aromatic heterocycles. The van der Waals surface area contributed by atoms with Crippen molar-refractivity contribution < 1.29 is 0 Å². The monoisotopic (exact) mass is 382 g/mol. The van der Waals surface area contributed by atoms with E-state index in [4.69, 9.17) is 0 Å². The van der Waals surface area contributed by atoms with Gasteiger partial charge >= 0.3 is 0 Å². The minimum Gasteiger partial charge on any atom is -0.356 e. The highest BCUT2D eigenvalue weighted by Crippen LogP contribution is 2.10. The van der Waals surface area contributed by atoms with Gasteiger partial charge in [0, 0.05) is 37.6 Å². The number of aryl methyl sites for hydroxylation is 2. The lowest BCUT2D eigenvalue weighted by molar-refractivity contribution is 0.732. The maximum absolute atomic E-state index is 4.44. The molecule has 1 heterocycles. The van der Waals surface area contributed by atoms with E-state index in [1.165, 1.54) is 5.01 Å². The summed E-state index contributed by atoms with van der Waals surface area (Å²) in [4.78, 5) is 8.60. The molecule has 18 heavy (non-hydrogen) atoms. The van der Waals surface area contributed by atoms with E-state index in [0.717, 1.165) is 44.0 Å². The van der Waals surface area contributed by atoms with Crippen LogP contribution in [0.3, 0.4) is 0 Å². The van der Waals surface area contributed by atoms with Crippen LogP contribution in [0.25, 0.3) is 0 Å². The molecule has 0 aliphatic rings. The van der Waals surface area contributed by atoms with Gasteiger partial charge in [0.2, 0.25) is 0 Å². The van der Waals surface area contributed by atoms with Crippen molar-refractivity contribution in [2.75, 3.05) is 20.1 Å². The van der Waals surface area contributed by atoms with Crippen LogP contribution in [0.1, 0.15) is 30.5 Å². The van der Waals surface area contributed by atoms with E-state index in [2.05, 4.69) is 32.9 Å². The van der Waals surface area contributed by atoms with E-state index < -0.39 is 0 Å². The van der Waals surface area contributed by atoms with Crippen LogP contribution in [0, 0.1) is 6.92 Å². The van der Waals surface area contributed by atoms with Gasteiger partial charge < -0.3 is 10.6 Å². The Morgan fingerprint density at radius 3 is 2.67 bits per heavy atom. The molecule has 2 N–H and O–H groups in total. The van der Waals surface area contributed by atoms with Gasteiger partial charge in [0.05, 0.1) is 5.01 Å². The number of halogens is 1. The molecule has 1 aromatic rings. The molecule has 0 amide bonds. The van der Waals surface area contributed by atoms with Crippen LogP contribution in [-0.2, 0) is 6.42 Å². The number of guanidine groups is 1. The highest BCUT2D eigenvalue weighted by Gasteiger charge is 1.99. The maximum Gasteiger partial charge on any atom is 0.190 e. The number of rotatable bonds is 6. The highest BCUT2D eigenvalue weighted by atomic mass is 127. The van der Waals surface area contributed by atoms with Crippen molar-refractivity contribution in [3.63, 3.8) is 0 Å². The predicted octanol–water partition coefficient (Wildman–Crippen LogP) is 2.58. The summed E-state index contributed by atoms with van der Waals surface area (Å²) < 4.78 is 0. The van der Waals surface area contributed by atoms with E-state index in [9.17, 15) is 0 Å². The van der Waals surface area contributed by atoms with Gasteiger partial charge in [-0.3, -0.25) is 4.99 Å². The van der Waals surface area contributed by atoms with Crippen LogP contribution < -0.4 is 10.6 Å². The maximum atomic E-state index is 4.44. The van der Waals surface area contributed by atoms with Crippen molar-refractivity contribution in [3.05, 3.63) is 16.1 Å². The Morgan fingerprint density at radius 2 is 2.11 bits per heavy atom. The van der Waals surface area contributed by atoms with Crippen molar-refractivity contribution in [2.24, 2.45) is 4.99 Å². The lowest BCUT2D eigenvalue weighted by Gasteiger charge is -2.10. The van der Waals surface area contributed by atoms with Gasteiger partial charge in [0.15, 0.2) is 5.96 Å². The van der Waals surface area contributed by atoms with Gasteiger partial charge in [0.1, 0.15) is 0 Å². The molecule has 0 bridgehead atoms. The number of aliphatic imine (C=N–C) groups is 1. The zero-order chi connectivity index (χ0) is 12.5. The summed E-state index contributed by atoms with van der Waals surface area (Å²) in [5.41, 5.74) is 1.12. The first-order valence-corrected chi connectivity index (χ1v) is 6.99. The smallest absolute Gasteiger partial charge is 0.190 e. The van der Waals surface area contributed by atoms with Crippen LogP contribution in [0.2, 0.25) is 0 Å². The molecule has 4 nitrogen and oxygen atoms in total. The minimum absolute atomic E-state index is 0. The molecular formula is C12H23IN4S. The lowest BCUT2D eigenvalue weighted by atomic mass is 10.3. The first kappa shape index (κ1) is 17.6. The first-order valence-electron chi connectivity index (χ1n) is 6.11. The molecule has 0 aromatic carbocycles. The average molecular weight is 382 g/mol. The van der Waals surface area contributed by atoms with Crippen LogP contribution in [0.4, 0.5) is 0 Å². The van der Waals surface area contributed by atoms with Gasteiger partial charge in [0.25, 0.3) is 0 Å². The Kier molecular flexibility index (Phi) is 10.3. The van der Waals surface area contributed by atoms with Crippen molar-refractivity contribution in [3.8, 4) is 0 Å². The van der Waals surface area contributed by atoms with E-state index in [1.54, 1.807) is 18.4 Å². The number of nitrogens with zero attached hydrogens (tertiary/aromatic N) is 2. The molecule has 6 heteroatoms. The van der Waals surface area contributed by atoms with Crippen molar-refractivity contribution in [1.29, 1.82) is 0 Å². The zero-order valence-corrected chi connectivity index (χ0v) is 14.5. The number of nitrogens with one attached hydrogen (secondary N) is 2. The van der Waals surface area contributed by atoms with Crippen LogP contribution in [0.15, 0.2) is 10.4 Å². The lowest BCUT2D eigenvalue weighted by Crippen LogP contribution is -2.38. The van der Waals surface area contributed by atoms with E-state index in [1.807, 2.05) is 6.92 Å². The largest absolute Gasteiger partial charge is 0.356 e. The van der Waals surface area contributed by atoms with Gasteiger partial charge in [-0.2, -0.15) is 0 Å². The van der Waals surface area contributed by atoms with E-state index >= 15 is 0 Å². The number of hydrogen-bond donors (Lipinski definition) is 2. The van der Waals surface area contributed by atoms with Gasteiger partial charge in [-0.05, 0) is 19.8 Å². The molecule has 0 aliphatic carbocycles. The number of thiazole rings is 1. The average Bonchev–Trinajstić information content (AvgIpc) is 2.74. The summed E-state index contributed by atoms with van der Waals surface area (Å²) in [7, 11) is 1.80.